The van der Waals surface area contributed by atoms with Crippen molar-refractivity contribution in [1.29, 1.82) is 0 Å². The summed E-state index contributed by atoms with van der Waals surface area (Å²) in [6.45, 7) is 7.05. The average molecular weight is 381 g/mol. The lowest BCUT2D eigenvalue weighted by Gasteiger charge is -2.09. The van der Waals surface area contributed by atoms with E-state index in [4.69, 9.17) is 0 Å². The number of hydrogen-bond acceptors (Lipinski definition) is 0. The van der Waals surface area contributed by atoms with E-state index < -0.39 is 0 Å². The first-order valence-corrected chi connectivity index (χ1v) is 13.3. The molecule has 0 aromatic carbocycles. The maximum absolute atomic E-state index is 2.43. The van der Waals surface area contributed by atoms with Crippen molar-refractivity contribution < 1.29 is 0 Å². The molecule has 27 heavy (non-hydrogen) atoms. The molecule has 0 aromatic rings. The van der Waals surface area contributed by atoms with Crippen LogP contribution < -0.4 is 0 Å². The van der Waals surface area contributed by atoms with Crippen molar-refractivity contribution in [3.63, 3.8) is 0 Å². The molecule has 0 aliphatic heterocycles. The Labute approximate surface area is 174 Å². The number of hydrogen-bond donors (Lipinski definition) is 0. The summed E-state index contributed by atoms with van der Waals surface area (Å²) in [6.07, 6.45) is 33.8. The highest BCUT2D eigenvalue weighted by Crippen LogP contribution is 2.17. The Balaban J connectivity index is 3.01. The highest BCUT2D eigenvalue weighted by Gasteiger charge is 2.00. The molecule has 0 heteroatoms. The van der Waals surface area contributed by atoms with Gasteiger partial charge >= 0.3 is 0 Å². The highest BCUT2D eigenvalue weighted by atomic mass is 14.1. The Kier molecular flexibility index (Phi) is 24.0. The van der Waals surface area contributed by atoms with Gasteiger partial charge in [-0.25, -0.2) is 0 Å². The molecule has 0 rings (SSSR count). The minimum atomic E-state index is 0.963. The molecule has 0 amide bonds. The third-order valence-electron chi connectivity index (χ3n) is 6.33. The van der Waals surface area contributed by atoms with Gasteiger partial charge in [0.25, 0.3) is 0 Å². The maximum Gasteiger partial charge on any atom is -0.0443 e. The van der Waals surface area contributed by atoms with Crippen molar-refractivity contribution in [2.45, 2.75) is 168 Å². The topological polar surface area (TPSA) is 0 Å². The summed E-state index contributed by atoms with van der Waals surface area (Å²) in [5.41, 5.74) is 0. The van der Waals surface area contributed by atoms with Gasteiger partial charge in [0.1, 0.15) is 0 Å². The molecule has 0 heterocycles. The predicted octanol–water partition coefficient (Wildman–Crippen LogP) is 10.6. The Hall–Kier alpha value is 0. The van der Waals surface area contributed by atoms with Crippen LogP contribution >= 0.6 is 0 Å². The quantitative estimate of drug-likeness (QED) is 0.155. The molecule has 0 saturated carbocycles. The molecule has 0 radical (unpaired) electrons. The van der Waals surface area contributed by atoms with Gasteiger partial charge in [-0.05, 0) is 5.92 Å². The van der Waals surface area contributed by atoms with Crippen LogP contribution in [0.25, 0.3) is 0 Å². The molecule has 0 saturated heterocycles. The molecule has 0 N–H and O–H groups in total. The third-order valence-corrected chi connectivity index (χ3v) is 6.33. The molecule has 0 aliphatic rings. The van der Waals surface area contributed by atoms with Crippen molar-refractivity contribution in [2.24, 2.45) is 5.92 Å². The highest BCUT2D eigenvalue weighted by molar-refractivity contribution is 4.54. The van der Waals surface area contributed by atoms with Gasteiger partial charge in [0.15, 0.2) is 0 Å². The van der Waals surface area contributed by atoms with Gasteiger partial charge in [-0.1, -0.05) is 168 Å². The van der Waals surface area contributed by atoms with Gasteiger partial charge in [0.05, 0.1) is 0 Å². The van der Waals surface area contributed by atoms with Crippen molar-refractivity contribution in [3.05, 3.63) is 0 Å². The Morgan fingerprint density at radius 2 is 0.630 bits per heavy atom. The lowest BCUT2D eigenvalue weighted by Crippen LogP contribution is -1.93. The van der Waals surface area contributed by atoms with E-state index in [-0.39, 0.29) is 0 Å². The second kappa shape index (κ2) is 24.0. The monoisotopic (exact) mass is 380 g/mol. The molecule has 0 fully saturated rings. The molecule has 0 aromatic heterocycles. The summed E-state index contributed by atoms with van der Waals surface area (Å²) in [5.74, 6) is 0.963. The first-order valence-electron chi connectivity index (χ1n) is 13.3. The summed E-state index contributed by atoms with van der Waals surface area (Å²) in [5, 5.41) is 0. The largest absolute Gasteiger partial charge is 0.0654 e. The van der Waals surface area contributed by atoms with Crippen LogP contribution in [0.4, 0.5) is 0 Å². The fourth-order valence-corrected chi connectivity index (χ4v) is 4.39. The number of rotatable bonds is 23. The van der Waals surface area contributed by atoms with Crippen LogP contribution in [0.15, 0.2) is 0 Å². The summed E-state index contributed by atoms with van der Waals surface area (Å²) < 4.78 is 0. The Morgan fingerprint density at radius 1 is 0.333 bits per heavy atom. The van der Waals surface area contributed by atoms with E-state index in [1.54, 1.807) is 0 Å². The normalized spacial score (nSPS) is 12.6. The van der Waals surface area contributed by atoms with Crippen LogP contribution in [0.5, 0.6) is 0 Å². The zero-order valence-electron chi connectivity index (χ0n) is 19.8. The van der Waals surface area contributed by atoms with Crippen molar-refractivity contribution in [3.8, 4) is 0 Å². The van der Waals surface area contributed by atoms with Gasteiger partial charge in [-0.15, -0.1) is 0 Å². The van der Waals surface area contributed by atoms with Crippen molar-refractivity contribution >= 4 is 0 Å². The number of unbranched alkanes of at least 4 members (excludes halogenated alkanes) is 19. The summed E-state index contributed by atoms with van der Waals surface area (Å²) in [7, 11) is 0. The lowest BCUT2D eigenvalue weighted by molar-refractivity contribution is 0.449. The van der Waals surface area contributed by atoms with Crippen LogP contribution in [0.3, 0.4) is 0 Å². The summed E-state index contributed by atoms with van der Waals surface area (Å²) >= 11 is 0. The van der Waals surface area contributed by atoms with Gasteiger partial charge in [0.2, 0.25) is 0 Å². The minimum Gasteiger partial charge on any atom is -0.0654 e. The molecule has 164 valence electrons. The van der Waals surface area contributed by atoms with E-state index in [0.717, 1.165) is 5.92 Å². The molecular weight excluding hydrogens is 324 g/mol. The first-order chi connectivity index (χ1) is 13.3. The molecule has 1 unspecified atom stereocenters. The molecule has 0 nitrogen and oxygen atoms in total. The summed E-state index contributed by atoms with van der Waals surface area (Å²) in [6, 6.07) is 0. The smallest absolute Gasteiger partial charge is 0.0443 e. The fourth-order valence-electron chi connectivity index (χ4n) is 4.39. The van der Waals surface area contributed by atoms with E-state index in [9.17, 15) is 0 Å². The molecule has 0 bridgehead atoms. The van der Waals surface area contributed by atoms with E-state index in [1.165, 1.54) is 148 Å². The van der Waals surface area contributed by atoms with Gasteiger partial charge < -0.3 is 0 Å². The van der Waals surface area contributed by atoms with Gasteiger partial charge in [-0.3, -0.25) is 0 Å². The van der Waals surface area contributed by atoms with Crippen LogP contribution in [0.2, 0.25) is 0 Å². The van der Waals surface area contributed by atoms with Crippen molar-refractivity contribution in [1.82, 2.24) is 0 Å². The zero-order valence-corrected chi connectivity index (χ0v) is 19.8. The van der Waals surface area contributed by atoms with Crippen LogP contribution in [-0.4, -0.2) is 0 Å². The van der Waals surface area contributed by atoms with Crippen LogP contribution in [0, 0.1) is 5.92 Å². The maximum atomic E-state index is 2.43. The Bertz CT molecular complexity index is 244. The first kappa shape index (κ1) is 27.0. The van der Waals surface area contributed by atoms with Crippen LogP contribution in [-0.2, 0) is 0 Å². The summed E-state index contributed by atoms with van der Waals surface area (Å²) in [4.78, 5) is 0. The standard InChI is InChI=1S/C27H56/c1-4-6-7-8-9-10-11-12-13-14-15-16-17-18-19-20-21-22-23-24-26-27(3)25-5-2/h27H,4-26H2,1-3H3. The van der Waals surface area contributed by atoms with E-state index in [2.05, 4.69) is 20.8 Å². The molecule has 1 atom stereocenters. The lowest BCUT2D eigenvalue weighted by atomic mass is 9.98. The zero-order chi connectivity index (χ0) is 19.8. The second-order valence-electron chi connectivity index (χ2n) is 9.40. The molecular formula is C27H56. The Morgan fingerprint density at radius 3 is 0.926 bits per heavy atom. The SMILES string of the molecule is CCCCCCCCCCCCCCCCCCCCCCC(C)CCC. The van der Waals surface area contributed by atoms with E-state index in [1.807, 2.05) is 0 Å². The molecule has 0 spiro atoms. The van der Waals surface area contributed by atoms with Gasteiger partial charge in [-0.2, -0.15) is 0 Å². The van der Waals surface area contributed by atoms with Crippen LogP contribution in [0.1, 0.15) is 168 Å². The van der Waals surface area contributed by atoms with Crippen molar-refractivity contribution in [2.75, 3.05) is 0 Å². The second-order valence-corrected chi connectivity index (χ2v) is 9.40. The van der Waals surface area contributed by atoms with Gasteiger partial charge in [0, 0.05) is 0 Å². The third kappa shape index (κ3) is 24.0. The average Bonchev–Trinajstić information content (AvgIpc) is 2.66. The molecule has 0 aliphatic carbocycles. The van der Waals surface area contributed by atoms with E-state index >= 15 is 0 Å². The van der Waals surface area contributed by atoms with E-state index in [0.29, 0.717) is 0 Å². The minimum absolute atomic E-state index is 0.963. The predicted molar refractivity (Wildman–Crippen MR) is 127 cm³/mol. The fraction of sp³-hybridized carbons (Fsp3) is 1.00.